The quantitative estimate of drug-likeness (QED) is 0.926. The summed E-state index contributed by atoms with van der Waals surface area (Å²) in [5, 5.41) is 11.2. The van der Waals surface area contributed by atoms with Crippen molar-refractivity contribution in [1.82, 2.24) is 4.31 Å². The molecular formula is C14H15NO5S2. The number of hydrogen-bond donors (Lipinski definition) is 1. The number of carbonyl (C=O) groups is 1. The molecule has 0 saturated heterocycles. The second-order valence-corrected chi connectivity index (χ2v) is 8.06. The van der Waals surface area contributed by atoms with Gasteiger partial charge in [-0.1, -0.05) is 0 Å². The van der Waals surface area contributed by atoms with Crippen LogP contribution < -0.4 is 0 Å². The van der Waals surface area contributed by atoms with E-state index in [2.05, 4.69) is 0 Å². The number of rotatable bonds is 3. The van der Waals surface area contributed by atoms with Gasteiger partial charge in [-0.25, -0.2) is 13.2 Å². The van der Waals surface area contributed by atoms with Crippen LogP contribution in [-0.2, 0) is 23.0 Å². The first kappa shape index (κ1) is 15.3. The zero-order chi connectivity index (χ0) is 16.1. The molecule has 2 aromatic heterocycles. The van der Waals surface area contributed by atoms with E-state index < -0.39 is 16.0 Å². The minimum Gasteiger partial charge on any atom is -0.478 e. The number of nitrogens with zero attached hydrogens (tertiary/aromatic N) is 1. The summed E-state index contributed by atoms with van der Waals surface area (Å²) in [5.41, 5.74) is 0.711. The molecule has 0 amide bonds. The van der Waals surface area contributed by atoms with E-state index >= 15 is 0 Å². The first-order chi connectivity index (χ1) is 10.3. The monoisotopic (exact) mass is 341 g/mol. The van der Waals surface area contributed by atoms with Crippen LogP contribution in [0.25, 0.3) is 0 Å². The molecule has 0 radical (unpaired) electrons. The number of carboxylic acid groups (broad SMARTS) is 1. The Labute approximate surface area is 132 Å². The summed E-state index contributed by atoms with van der Waals surface area (Å²) in [7, 11) is -3.90. The molecule has 3 heterocycles. The molecule has 1 aliphatic heterocycles. The van der Waals surface area contributed by atoms with E-state index in [-0.39, 0.29) is 28.5 Å². The second-order valence-electron chi connectivity index (χ2n) is 5.18. The largest absolute Gasteiger partial charge is 0.478 e. The van der Waals surface area contributed by atoms with Crippen LogP contribution in [0, 0.1) is 13.8 Å². The predicted molar refractivity (Wildman–Crippen MR) is 80.8 cm³/mol. The number of hydrogen-bond acceptors (Lipinski definition) is 5. The van der Waals surface area contributed by atoms with Gasteiger partial charge >= 0.3 is 5.97 Å². The molecule has 0 aliphatic carbocycles. The third-order valence-electron chi connectivity index (χ3n) is 3.79. The normalized spacial score (nSPS) is 15.7. The molecule has 1 aliphatic rings. The van der Waals surface area contributed by atoms with Gasteiger partial charge in [-0.2, -0.15) is 4.31 Å². The molecule has 2 aromatic rings. The number of fused-ring (bicyclic) bond motifs is 1. The molecule has 6 nitrogen and oxygen atoms in total. The van der Waals surface area contributed by atoms with Crippen LogP contribution >= 0.6 is 11.3 Å². The highest BCUT2D eigenvalue weighted by Gasteiger charge is 2.36. The average molecular weight is 341 g/mol. The molecule has 0 spiro atoms. The van der Waals surface area contributed by atoms with Crippen molar-refractivity contribution in [1.29, 1.82) is 0 Å². The summed E-state index contributed by atoms with van der Waals surface area (Å²) in [6.07, 6.45) is 0.643. The standard InChI is InChI=1S/C14H15NO5S2/c1-8-12(14(16)17)13(9(2)20-8)22(18,19)15-5-3-11-10(7-15)4-6-21-11/h4,6H,3,5,7H2,1-2H3,(H,16,17). The number of aryl methyl sites for hydroxylation is 2. The van der Waals surface area contributed by atoms with Crippen LogP contribution in [0.2, 0.25) is 0 Å². The lowest BCUT2D eigenvalue weighted by Gasteiger charge is -2.26. The Morgan fingerprint density at radius 3 is 2.77 bits per heavy atom. The topological polar surface area (TPSA) is 87.8 Å². The molecule has 0 fully saturated rings. The fourth-order valence-electron chi connectivity index (χ4n) is 2.78. The van der Waals surface area contributed by atoms with E-state index in [4.69, 9.17) is 4.42 Å². The van der Waals surface area contributed by atoms with Crippen molar-refractivity contribution in [3.05, 3.63) is 39.0 Å². The zero-order valence-corrected chi connectivity index (χ0v) is 13.8. The van der Waals surface area contributed by atoms with Crippen LogP contribution in [0.15, 0.2) is 20.8 Å². The third kappa shape index (κ3) is 2.27. The predicted octanol–water partition coefficient (Wildman–Crippen LogP) is 2.40. The van der Waals surface area contributed by atoms with Crippen molar-refractivity contribution >= 4 is 27.3 Å². The number of sulfonamides is 1. The highest BCUT2D eigenvalue weighted by molar-refractivity contribution is 7.89. The summed E-state index contributed by atoms with van der Waals surface area (Å²) >= 11 is 1.62. The molecular weight excluding hydrogens is 326 g/mol. The van der Waals surface area contributed by atoms with E-state index in [0.717, 1.165) is 5.56 Å². The van der Waals surface area contributed by atoms with Gasteiger partial charge < -0.3 is 9.52 Å². The highest BCUT2D eigenvalue weighted by Crippen LogP contribution is 2.33. The van der Waals surface area contributed by atoms with Crippen molar-refractivity contribution in [2.75, 3.05) is 6.54 Å². The first-order valence-electron chi connectivity index (χ1n) is 6.71. The van der Waals surface area contributed by atoms with E-state index in [1.807, 2.05) is 11.4 Å². The molecule has 1 N–H and O–H groups in total. The van der Waals surface area contributed by atoms with E-state index in [1.165, 1.54) is 23.0 Å². The minimum absolute atomic E-state index is 0.108. The molecule has 0 bridgehead atoms. The summed E-state index contributed by atoms with van der Waals surface area (Å²) in [5.74, 6) is -1.07. The Hall–Kier alpha value is -1.64. The molecule has 8 heteroatoms. The molecule has 22 heavy (non-hydrogen) atoms. The fraction of sp³-hybridized carbons (Fsp3) is 0.357. The number of aromatic carboxylic acids is 1. The van der Waals surface area contributed by atoms with Gasteiger partial charge in [0, 0.05) is 18.0 Å². The summed E-state index contributed by atoms with van der Waals surface area (Å²) in [6.45, 7) is 3.55. The van der Waals surface area contributed by atoms with Crippen molar-refractivity contribution in [3.8, 4) is 0 Å². The van der Waals surface area contributed by atoms with Crippen LogP contribution in [0.3, 0.4) is 0 Å². The smallest absolute Gasteiger partial charge is 0.340 e. The van der Waals surface area contributed by atoms with Crippen molar-refractivity contribution in [2.45, 2.75) is 31.7 Å². The van der Waals surface area contributed by atoms with Crippen molar-refractivity contribution in [2.24, 2.45) is 0 Å². The minimum atomic E-state index is -3.90. The number of furan rings is 1. The van der Waals surface area contributed by atoms with E-state index in [1.54, 1.807) is 11.3 Å². The fourth-order valence-corrected chi connectivity index (χ4v) is 5.46. The lowest BCUT2D eigenvalue weighted by molar-refractivity contribution is 0.0691. The van der Waals surface area contributed by atoms with Gasteiger partial charge in [-0.15, -0.1) is 11.3 Å². The van der Waals surface area contributed by atoms with Gasteiger partial charge in [0.15, 0.2) is 0 Å². The maximum absolute atomic E-state index is 12.9. The van der Waals surface area contributed by atoms with Crippen LogP contribution in [0.4, 0.5) is 0 Å². The Morgan fingerprint density at radius 2 is 2.09 bits per heavy atom. The summed E-state index contributed by atoms with van der Waals surface area (Å²) in [6, 6.07) is 1.91. The third-order valence-corrected chi connectivity index (χ3v) is 6.81. The van der Waals surface area contributed by atoms with Crippen molar-refractivity contribution in [3.63, 3.8) is 0 Å². The van der Waals surface area contributed by atoms with E-state index in [0.29, 0.717) is 13.0 Å². The zero-order valence-electron chi connectivity index (χ0n) is 12.1. The van der Waals surface area contributed by atoms with Gasteiger partial charge in [0.25, 0.3) is 0 Å². The van der Waals surface area contributed by atoms with E-state index in [9.17, 15) is 18.3 Å². The van der Waals surface area contributed by atoms with Gasteiger partial charge in [0.05, 0.1) is 0 Å². The summed E-state index contributed by atoms with van der Waals surface area (Å²) in [4.78, 5) is 12.4. The van der Waals surface area contributed by atoms with Crippen LogP contribution in [-0.4, -0.2) is 30.3 Å². The molecule has 0 aromatic carbocycles. The van der Waals surface area contributed by atoms with Crippen LogP contribution in [0.1, 0.15) is 32.3 Å². The first-order valence-corrected chi connectivity index (χ1v) is 9.03. The average Bonchev–Trinajstić information content (AvgIpc) is 3.01. The van der Waals surface area contributed by atoms with Crippen LogP contribution in [0.5, 0.6) is 0 Å². The lowest BCUT2D eigenvalue weighted by Crippen LogP contribution is -2.36. The van der Waals surface area contributed by atoms with Gasteiger partial charge in [0.2, 0.25) is 10.0 Å². The van der Waals surface area contributed by atoms with Gasteiger partial charge in [0.1, 0.15) is 22.0 Å². The molecule has 0 unspecified atom stereocenters. The maximum Gasteiger partial charge on any atom is 0.340 e. The van der Waals surface area contributed by atoms with Gasteiger partial charge in [-0.05, 0) is 37.3 Å². The number of carboxylic acids is 1. The molecule has 118 valence electrons. The van der Waals surface area contributed by atoms with Crippen molar-refractivity contribution < 1.29 is 22.7 Å². The molecule has 0 saturated carbocycles. The molecule has 0 atom stereocenters. The maximum atomic E-state index is 12.9. The Balaban J connectivity index is 2.07. The Kier molecular flexibility index (Phi) is 3.62. The SMILES string of the molecule is Cc1oc(C)c(S(=O)(=O)N2CCc3sccc3C2)c1C(=O)O. The lowest BCUT2D eigenvalue weighted by atomic mass is 10.1. The number of thiophene rings is 1. The highest BCUT2D eigenvalue weighted by atomic mass is 32.2. The summed E-state index contributed by atoms with van der Waals surface area (Å²) < 4.78 is 32.3. The molecule has 3 rings (SSSR count). The Bertz CT molecular complexity index is 847. The van der Waals surface area contributed by atoms with Gasteiger partial charge in [-0.3, -0.25) is 0 Å². The Morgan fingerprint density at radius 1 is 1.36 bits per heavy atom. The second kappa shape index (κ2) is 5.22.